The van der Waals surface area contributed by atoms with Crippen LogP contribution in [0.2, 0.25) is 0 Å². The van der Waals surface area contributed by atoms with Crippen LogP contribution in [0.5, 0.6) is 0 Å². The van der Waals surface area contributed by atoms with Crippen molar-refractivity contribution in [3.8, 4) is 0 Å². The van der Waals surface area contributed by atoms with E-state index in [-0.39, 0.29) is 34.4 Å². The van der Waals surface area contributed by atoms with E-state index in [1.807, 2.05) is 6.92 Å². The first-order valence-electron chi connectivity index (χ1n) is 12.2. The van der Waals surface area contributed by atoms with Crippen molar-refractivity contribution in [2.24, 2.45) is 28.6 Å². The zero-order valence-electron chi connectivity index (χ0n) is 19.5. The van der Waals surface area contributed by atoms with E-state index in [0.29, 0.717) is 25.6 Å². The van der Waals surface area contributed by atoms with Crippen molar-refractivity contribution >= 4 is 11.8 Å². The van der Waals surface area contributed by atoms with Crippen molar-refractivity contribution in [3.05, 3.63) is 11.1 Å². The van der Waals surface area contributed by atoms with Gasteiger partial charge in [-0.1, -0.05) is 12.5 Å². The third-order valence-electron chi connectivity index (χ3n) is 9.60. The Labute approximate surface area is 185 Å². The summed E-state index contributed by atoms with van der Waals surface area (Å²) < 4.78 is 17.9. The molecular weight excluding hydrogens is 394 g/mol. The minimum atomic E-state index is -0.504. The van der Waals surface area contributed by atoms with Crippen LogP contribution in [0.1, 0.15) is 58.8 Å². The number of ether oxygens (including phenoxy) is 3. The Morgan fingerprint density at radius 2 is 2.10 bits per heavy atom. The minimum absolute atomic E-state index is 0.0176. The fourth-order valence-corrected chi connectivity index (χ4v) is 8.22. The molecule has 0 radical (unpaired) electrons. The van der Waals surface area contributed by atoms with Gasteiger partial charge in [0.2, 0.25) is 0 Å². The van der Waals surface area contributed by atoms with Crippen LogP contribution >= 0.6 is 0 Å². The summed E-state index contributed by atoms with van der Waals surface area (Å²) in [4.78, 5) is 28.6. The third kappa shape index (κ3) is 2.80. The third-order valence-corrected chi connectivity index (χ3v) is 9.60. The molecule has 0 aromatic carbocycles. The highest BCUT2D eigenvalue weighted by molar-refractivity contribution is 6.01. The maximum Gasteiger partial charge on any atom is 0.309 e. The van der Waals surface area contributed by atoms with Gasteiger partial charge in [0.1, 0.15) is 0 Å². The molecule has 0 aromatic rings. The molecule has 2 bridgehead atoms. The molecule has 5 rings (SSSR count). The number of piperidine rings is 1. The zero-order valence-corrected chi connectivity index (χ0v) is 19.5. The van der Waals surface area contributed by atoms with E-state index in [4.69, 9.17) is 14.2 Å². The number of esters is 1. The summed E-state index contributed by atoms with van der Waals surface area (Å²) in [6.45, 7) is 6.96. The largest absolute Gasteiger partial charge is 0.466 e. The van der Waals surface area contributed by atoms with Gasteiger partial charge < -0.3 is 19.1 Å². The molecule has 3 fully saturated rings. The number of Topliss-reactive ketones (excluding diaryl/α,β-unsaturated/α-hetero) is 1. The topological polar surface area (TPSA) is 65.1 Å². The summed E-state index contributed by atoms with van der Waals surface area (Å²) in [6.07, 6.45) is 5.89. The lowest BCUT2D eigenvalue weighted by molar-refractivity contribution is -0.295. The first-order valence-corrected chi connectivity index (χ1v) is 12.2. The number of rotatable bonds is 4. The molecule has 2 saturated heterocycles. The monoisotopic (exact) mass is 431 g/mol. The van der Waals surface area contributed by atoms with E-state index in [2.05, 4.69) is 18.9 Å². The molecule has 31 heavy (non-hydrogen) atoms. The van der Waals surface area contributed by atoms with E-state index in [0.717, 1.165) is 57.2 Å². The highest BCUT2D eigenvalue weighted by Crippen LogP contribution is 2.71. The highest BCUT2D eigenvalue weighted by Gasteiger charge is 2.70. The molecule has 172 valence electrons. The van der Waals surface area contributed by atoms with Gasteiger partial charge in [-0.2, -0.15) is 0 Å². The summed E-state index contributed by atoms with van der Waals surface area (Å²) in [5, 5.41) is 0. The lowest BCUT2D eigenvalue weighted by Gasteiger charge is -2.62. The van der Waals surface area contributed by atoms with Gasteiger partial charge in [-0.3, -0.25) is 9.59 Å². The molecule has 6 nitrogen and oxygen atoms in total. The van der Waals surface area contributed by atoms with Crippen molar-refractivity contribution in [1.29, 1.82) is 0 Å². The fourth-order valence-electron chi connectivity index (χ4n) is 8.22. The molecule has 6 heteroatoms. The molecule has 3 aliphatic carbocycles. The molecule has 1 unspecified atom stereocenters. The van der Waals surface area contributed by atoms with E-state index < -0.39 is 5.79 Å². The second-order valence-corrected chi connectivity index (χ2v) is 10.6. The van der Waals surface area contributed by atoms with Gasteiger partial charge in [0, 0.05) is 49.8 Å². The molecule has 2 heterocycles. The van der Waals surface area contributed by atoms with Crippen LogP contribution in [0.3, 0.4) is 0 Å². The van der Waals surface area contributed by atoms with Crippen LogP contribution in [0.15, 0.2) is 11.1 Å². The molecule has 6 atom stereocenters. The Kier molecular flexibility index (Phi) is 5.15. The van der Waals surface area contributed by atoms with Gasteiger partial charge in [0.05, 0.1) is 19.1 Å². The number of hydrogen-bond acceptors (Lipinski definition) is 6. The van der Waals surface area contributed by atoms with Crippen molar-refractivity contribution in [2.75, 3.05) is 40.5 Å². The molecule has 2 spiro atoms. The molecule has 0 aromatic heterocycles. The number of carbonyl (C=O) groups excluding carboxylic acids is 2. The van der Waals surface area contributed by atoms with Crippen molar-refractivity contribution in [2.45, 2.75) is 64.6 Å². The summed E-state index contributed by atoms with van der Waals surface area (Å²) in [5.74, 6) is -0.0840. The van der Waals surface area contributed by atoms with E-state index >= 15 is 0 Å². The van der Waals surface area contributed by atoms with E-state index in [9.17, 15) is 9.59 Å². The van der Waals surface area contributed by atoms with Crippen LogP contribution in [0, 0.1) is 28.6 Å². The number of allylic oxidation sites excluding steroid dienone is 1. The van der Waals surface area contributed by atoms with Crippen molar-refractivity contribution < 1.29 is 23.8 Å². The van der Waals surface area contributed by atoms with Crippen molar-refractivity contribution in [3.63, 3.8) is 0 Å². The lowest BCUT2D eigenvalue weighted by atomic mass is 9.50. The SMILES string of the molecule is CCOC(=O)[C@@H]1C[C@@]23CN(C)C[C@@H](CCC4=C2[C@H]1CC4=O)C31CC[C@](CC)(OC)OC1. The van der Waals surface area contributed by atoms with Crippen LogP contribution in [0.4, 0.5) is 0 Å². The fraction of sp³-hybridized carbons (Fsp3) is 0.840. The van der Waals surface area contributed by atoms with Crippen LogP contribution in [-0.4, -0.2) is 62.9 Å². The predicted molar refractivity (Wildman–Crippen MR) is 115 cm³/mol. The van der Waals surface area contributed by atoms with Crippen LogP contribution < -0.4 is 0 Å². The van der Waals surface area contributed by atoms with Crippen molar-refractivity contribution in [1.82, 2.24) is 4.90 Å². The Hall–Kier alpha value is -1.24. The maximum atomic E-state index is 13.1. The molecule has 0 N–H and O–H groups in total. The van der Waals surface area contributed by atoms with E-state index in [1.54, 1.807) is 7.11 Å². The highest BCUT2D eigenvalue weighted by atomic mass is 16.7. The minimum Gasteiger partial charge on any atom is -0.466 e. The summed E-state index contributed by atoms with van der Waals surface area (Å²) >= 11 is 0. The number of nitrogens with zero attached hydrogens (tertiary/aromatic N) is 1. The number of likely N-dealkylation sites (tertiary alicyclic amines) is 1. The van der Waals surface area contributed by atoms with Crippen LogP contribution in [-0.2, 0) is 23.8 Å². The second-order valence-electron chi connectivity index (χ2n) is 10.6. The van der Waals surface area contributed by atoms with Gasteiger partial charge in [0.15, 0.2) is 11.6 Å². The van der Waals surface area contributed by atoms with Gasteiger partial charge in [-0.25, -0.2) is 0 Å². The van der Waals surface area contributed by atoms with E-state index in [1.165, 1.54) is 5.57 Å². The first kappa shape index (κ1) is 21.6. The van der Waals surface area contributed by atoms with Gasteiger partial charge in [0.25, 0.3) is 0 Å². The molecular formula is C25H37NO5. The molecule has 2 aliphatic heterocycles. The Balaban J connectivity index is 1.63. The number of methoxy groups -OCH3 is 1. The first-order chi connectivity index (χ1) is 14.9. The van der Waals surface area contributed by atoms with Gasteiger partial charge >= 0.3 is 5.97 Å². The second kappa shape index (κ2) is 7.39. The average molecular weight is 432 g/mol. The molecule has 0 amide bonds. The average Bonchev–Trinajstić information content (AvgIpc) is 3.23. The Morgan fingerprint density at radius 3 is 2.74 bits per heavy atom. The molecule has 1 saturated carbocycles. The summed E-state index contributed by atoms with van der Waals surface area (Å²) in [5.41, 5.74) is 2.14. The summed E-state index contributed by atoms with van der Waals surface area (Å²) in [6, 6.07) is 0. The van der Waals surface area contributed by atoms with Gasteiger partial charge in [-0.05, 0) is 57.6 Å². The maximum absolute atomic E-state index is 13.1. The van der Waals surface area contributed by atoms with Crippen LogP contribution in [0.25, 0.3) is 0 Å². The lowest BCUT2D eigenvalue weighted by Crippen LogP contribution is -2.64. The predicted octanol–water partition coefficient (Wildman–Crippen LogP) is 3.35. The standard InChI is InChI=1S/C25H37NO5/c1-5-25(29-4)10-9-23(15-31-25)16-7-8-17-20(27)11-18-19(22(28)30-6-2)12-24(23,21(17)18)14-26(3)13-16/h16,18-19H,5-15H2,1-4H3/t16-,18+,19-,23?,24-,25-/m1/s1. The molecule has 5 aliphatic rings. The number of ketones is 1. The number of hydrogen-bond donors (Lipinski definition) is 0. The Bertz CT molecular complexity index is 805. The smallest absolute Gasteiger partial charge is 0.309 e. The summed E-state index contributed by atoms with van der Waals surface area (Å²) in [7, 11) is 3.95. The normalized spacial score (nSPS) is 44.5. The Morgan fingerprint density at radius 1 is 1.29 bits per heavy atom. The quantitative estimate of drug-likeness (QED) is 0.636. The van der Waals surface area contributed by atoms with Gasteiger partial charge in [-0.15, -0.1) is 0 Å². The number of carbonyl (C=O) groups is 2. The zero-order chi connectivity index (χ0) is 22.0.